The van der Waals surface area contributed by atoms with Gasteiger partial charge in [-0.3, -0.25) is 0 Å². The minimum atomic E-state index is 0.812. The smallest absolute Gasteiger partial charge is 0.0456 e. The highest BCUT2D eigenvalue weighted by molar-refractivity contribution is 5.79. The number of rotatable bonds is 2. The Hall–Kier alpha value is -1.68. The summed E-state index contributed by atoms with van der Waals surface area (Å²) in [4.78, 5) is 3.18. The molecule has 1 heteroatoms. The van der Waals surface area contributed by atoms with Crippen molar-refractivity contribution in [3.05, 3.63) is 36.0 Å². The van der Waals surface area contributed by atoms with E-state index in [1.807, 2.05) is 6.20 Å². The van der Waals surface area contributed by atoms with Crippen molar-refractivity contribution in [1.82, 2.24) is 4.98 Å². The van der Waals surface area contributed by atoms with Crippen molar-refractivity contribution in [3.8, 4) is 12.3 Å². The molecule has 0 amide bonds. The topological polar surface area (TPSA) is 15.8 Å². The van der Waals surface area contributed by atoms with Crippen LogP contribution in [0.3, 0.4) is 0 Å². The number of aromatic amines is 1. The van der Waals surface area contributed by atoms with Crippen LogP contribution in [0.25, 0.3) is 10.9 Å². The maximum atomic E-state index is 5.21. The van der Waals surface area contributed by atoms with Gasteiger partial charge in [0.1, 0.15) is 0 Å². The maximum absolute atomic E-state index is 5.21. The van der Waals surface area contributed by atoms with Crippen molar-refractivity contribution >= 4 is 10.9 Å². The summed E-state index contributed by atoms with van der Waals surface area (Å²) in [6.45, 7) is 0. The lowest BCUT2D eigenvalue weighted by Crippen LogP contribution is -1.82. The second-order valence-electron chi connectivity index (χ2n) is 3.10. The Labute approximate surface area is 77.8 Å². The van der Waals surface area contributed by atoms with Gasteiger partial charge in [-0.05, 0) is 29.5 Å². The van der Waals surface area contributed by atoms with Crippen molar-refractivity contribution in [2.24, 2.45) is 0 Å². The number of terminal acetylenes is 1. The van der Waals surface area contributed by atoms with Gasteiger partial charge in [0.15, 0.2) is 0 Å². The third-order valence-electron chi connectivity index (χ3n) is 2.18. The summed E-state index contributed by atoms with van der Waals surface area (Å²) in [5.41, 5.74) is 2.49. The number of aryl methyl sites for hydroxylation is 1. The van der Waals surface area contributed by atoms with Crippen molar-refractivity contribution in [2.75, 3.05) is 0 Å². The monoisotopic (exact) mass is 169 g/mol. The van der Waals surface area contributed by atoms with E-state index >= 15 is 0 Å². The lowest BCUT2D eigenvalue weighted by Gasteiger charge is -1.97. The minimum absolute atomic E-state index is 0.812. The number of H-pyrrole nitrogens is 1. The fourth-order valence-electron chi connectivity index (χ4n) is 1.47. The van der Waals surface area contributed by atoms with Gasteiger partial charge in [0.25, 0.3) is 0 Å². The Morgan fingerprint density at radius 3 is 3.08 bits per heavy atom. The average Bonchev–Trinajstić information content (AvgIpc) is 2.61. The van der Waals surface area contributed by atoms with E-state index < -0.39 is 0 Å². The molecule has 0 atom stereocenters. The van der Waals surface area contributed by atoms with Gasteiger partial charge in [-0.2, -0.15) is 0 Å². The Morgan fingerprint density at radius 1 is 1.31 bits per heavy atom. The molecule has 1 N–H and O–H groups in total. The Kier molecular flexibility index (Phi) is 2.06. The first-order chi connectivity index (χ1) is 6.40. The number of aromatic nitrogens is 1. The van der Waals surface area contributed by atoms with Crippen LogP contribution < -0.4 is 0 Å². The van der Waals surface area contributed by atoms with Crippen molar-refractivity contribution in [2.45, 2.75) is 12.8 Å². The molecule has 1 aromatic carbocycles. The quantitative estimate of drug-likeness (QED) is 0.665. The molecule has 0 unspecified atom stereocenters. The SMILES string of the molecule is C#CCCc1ccc2cc[nH]c2c1. The normalized spacial score (nSPS) is 10.1. The molecule has 0 aliphatic rings. The highest BCUT2D eigenvalue weighted by Crippen LogP contribution is 2.14. The molecular weight excluding hydrogens is 158 g/mol. The van der Waals surface area contributed by atoms with Gasteiger partial charge in [0, 0.05) is 18.1 Å². The van der Waals surface area contributed by atoms with Gasteiger partial charge < -0.3 is 4.98 Å². The fraction of sp³-hybridized carbons (Fsp3) is 0.167. The Balaban J connectivity index is 2.33. The molecule has 13 heavy (non-hydrogen) atoms. The van der Waals surface area contributed by atoms with E-state index in [0.717, 1.165) is 12.8 Å². The van der Waals surface area contributed by atoms with Gasteiger partial charge >= 0.3 is 0 Å². The van der Waals surface area contributed by atoms with Gasteiger partial charge in [0.05, 0.1) is 0 Å². The summed E-state index contributed by atoms with van der Waals surface area (Å²) in [5, 5.41) is 1.25. The van der Waals surface area contributed by atoms with Crippen LogP contribution >= 0.6 is 0 Å². The van der Waals surface area contributed by atoms with Gasteiger partial charge in [-0.1, -0.05) is 12.1 Å². The molecule has 1 aromatic heterocycles. The summed E-state index contributed by atoms with van der Waals surface area (Å²) in [6, 6.07) is 8.48. The number of benzene rings is 1. The van der Waals surface area contributed by atoms with E-state index in [0.29, 0.717) is 0 Å². The largest absolute Gasteiger partial charge is 0.361 e. The fourth-order valence-corrected chi connectivity index (χ4v) is 1.47. The maximum Gasteiger partial charge on any atom is 0.0456 e. The molecule has 0 bridgehead atoms. The van der Waals surface area contributed by atoms with Gasteiger partial charge in [0.2, 0.25) is 0 Å². The number of fused-ring (bicyclic) bond motifs is 1. The second-order valence-corrected chi connectivity index (χ2v) is 3.10. The van der Waals surface area contributed by atoms with Crippen LogP contribution in [-0.4, -0.2) is 4.98 Å². The Morgan fingerprint density at radius 2 is 2.23 bits per heavy atom. The zero-order valence-electron chi connectivity index (χ0n) is 7.38. The molecule has 0 aliphatic heterocycles. The van der Waals surface area contributed by atoms with E-state index in [2.05, 4.69) is 35.2 Å². The van der Waals surface area contributed by atoms with Crippen molar-refractivity contribution in [3.63, 3.8) is 0 Å². The first-order valence-corrected chi connectivity index (χ1v) is 4.39. The van der Waals surface area contributed by atoms with E-state index in [1.54, 1.807) is 0 Å². The molecule has 1 heterocycles. The molecule has 0 aliphatic carbocycles. The summed E-state index contributed by atoms with van der Waals surface area (Å²) < 4.78 is 0. The molecule has 0 saturated heterocycles. The molecule has 0 saturated carbocycles. The summed E-state index contributed by atoms with van der Waals surface area (Å²) in [7, 11) is 0. The van der Waals surface area contributed by atoms with Crippen LogP contribution in [0, 0.1) is 12.3 Å². The third kappa shape index (κ3) is 1.57. The van der Waals surface area contributed by atoms with Crippen LogP contribution in [0.15, 0.2) is 30.5 Å². The first-order valence-electron chi connectivity index (χ1n) is 4.39. The molecule has 1 nitrogen and oxygen atoms in total. The molecule has 2 aromatic rings. The first kappa shape index (κ1) is 7.94. The van der Waals surface area contributed by atoms with Crippen LogP contribution in [-0.2, 0) is 6.42 Å². The van der Waals surface area contributed by atoms with Crippen LogP contribution in [0.1, 0.15) is 12.0 Å². The zero-order valence-corrected chi connectivity index (χ0v) is 7.38. The lowest BCUT2D eigenvalue weighted by atomic mass is 10.1. The lowest BCUT2D eigenvalue weighted by molar-refractivity contribution is 1.03. The van der Waals surface area contributed by atoms with Gasteiger partial charge in [-0.25, -0.2) is 0 Å². The number of hydrogen-bond donors (Lipinski definition) is 1. The van der Waals surface area contributed by atoms with Crippen LogP contribution in [0.4, 0.5) is 0 Å². The summed E-state index contributed by atoms with van der Waals surface area (Å²) >= 11 is 0. The third-order valence-corrected chi connectivity index (χ3v) is 2.18. The summed E-state index contributed by atoms with van der Waals surface area (Å²) in [5.74, 6) is 2.65. The van der Waals surface area contributed by atoms with Crippen molar-refractivity contribution in [1.29, 1.82) is 0 Å². The highest BCUT2D eigenvalue weighted by atomic mass is 14.7. The second kappa shape index (κ2) is 3.37. The Bertz CT molecular complexity index is 445. The molecular formula is C12H11N. The van der Waals surface area contributed by atoms with E-state index in [9.17, 15) is 0 Å². The predicted octanol–water partition coefficient (Wildman–Crippen LogP) is 2.73. The van der Waals surface area contributed by atoms with Crippen LogP contribution in [0.5, 0.6) is 0 Å². The minimum Gasteiger partial charge on any atom is -0.361 e. The van der Waals surface area contributed by atoms with Crippen molar-refractivity contribution < 1.29 is 0 Å². The van der Waals surface area contributed by atoms with Gasteiger partial charge in [-0.15, -0.1) is 12.3 Å². The summed E-state index contributed by atoms with van der Waals surface area (Å²) in [6.07, 6.45) is 8.94. The van der Waals surface area contributed by atoms with E-state index in [1.165, 1.54) is 16.5 Å². The predicted molar refractivity (Wildman–Crippen MR) is 55.5 cm³/mol. The molecule has 2 rings (SSSR count). The highest BCUT2D eigenvalue weighted by Gasteiger charge is 1.95. The number of nitrogens with one attached hydrogen (secondary N) is 1. The molecule has 0 fully saturated rings. The standard InChI is InChI=1S/C12H11N/c1-2-3-4-10-5-6-11-7-8-13-12(11)9-10/h1,5-9,13H,3-4H2. The average molecular weight is 169 g/mol. The number of hydrogen-bond acceptors (Lipinski definition) is 0. The molecule has 0 spiro atoms. The van der Waals surface area contributed by atoms with E-state index in [-0.39, 0.29) is 0 Å². The van der Waals surface area contributed by atoms with E-state index in [4.69, 9.17) is 6.42 Å². The zero-order chi connectivity index (χ0) is 9.10. The molecule has 64 valence electrons. The molecule has 0 radical (unpaired) electrons. The van der Waals surface area contributed by atoms with Crippen LogP contribution in [0.2, 0.25) is 0 Å².